The molecule has 0 aliphatic carbocycles. The van der Waals surface area contributed by atoms with Gasteiger partial charge in [-0.3, -0.25) is 10.1 Å². The molecule has 1 N–H and O–H groups in total. The van der Waals surface area contributed by atoms with E-state index in [1.54, 1.807) is 12.3 Å². The van der Waals surface area contributed by atoms with Gasteiger partial charge in [-0.15, -0.1) is 0 Å². The summed E-state index contributed by atoms with van der Waals surface area (Å²) in [7, 11) is 1.35. The smallest absolute Gasteiger partial charge is 0.307 e. The molecule has 0 spiro atoms. The lowest BCUT2D eigenvalue weighted by molar-refractivity contribution is -0.387. The van der Waals surface area contributed by atoms with Gasteiger partial charge in [-0.25, -0.2) is 9.97 Å². The Balaban J connectivity index is 1.55. The summed E-state index contributed by atoms with van der Waals surface area (Å²) in [6.45, 7) is 5.00. The Labute approximate surface area is 194 Å². The molecule has 5 rings (SSSR count). The van der Waals surface area contributed by atoms with Crippen molar-refractivity contribution < 1.29 is 18.8 Å². The zero-order valence-corrected chi connectivity index (χ0v) is 18.8. The van der Waals surface area contributed by atoms with Gasteiger partial charge >= 0.3 is 5.69 Å². The monoisotopic (exact) mass is 463 g/mol. The molecule has 1 aliphatic rings. The Hall–Kier alpha value is -4.21. The molecule has 174 valence electrons. The minimum Gasteiger partial charge on any atom is -0.494 e. The van der Waals surface area contributed by atoms with E-state index in [1.807, 2.05) is 24.4 Å². The van der Waals surface area contributed by atoms with Crippen LogP contribution in [0.25, 0.3) is 22.2 Å². The molecule has 0 bridgehead atoms. The van der Waals surface area contributed by atoms with E-state index in [1.165, 1.54) is 7.11 Å². The third-order valence-corrected chi connectivity index (χ3v) is 5.87. The first-order chi connectivity index (χ1) is 16.3. The zero-order chi connectivity index (χ0) is 24.0. The molecule has 9 nitrogen and oxygen atoms in total. The minimum atomic E-state index is -0.989. The third kappa shape index (κ3) is 3.76. The van der Waals surface area contributed by atoms with Crippen molar-refractivity contribution in [1.29, 1.82) is 0 Å². The fourth-order valence-corrected chi connectivity index (χ4v) is 4.16. The molecule has 0 saturated carbocycles. The van der Waals surface area contributed by atoms with E-state index in [4.69, 9.17) is 9.47 Å². The summed E-state index contributed by atoms with van der Waals surface area (Å²) < 4.78 is 27.6. The number of ether oxygens (including phenoxy) is 2. The molecule has 0 atom stereocenters. The van der Waals surface area contributed by atoms with Crippen LogP contribution in [0.1, 0.15) is 20.3 Å². The number of anilines is 2. The van der Waals surface area contributed by atoms with Gasteiger partial charge in [0.05, 0.1) is 28.9 Å². The van der Waals surface area contributed by atoms with E-state index in [0.717, 1.165) is 47.3 Å². The van der Waals surface area contributed by atoms with Crippen LogP contribution in [-0.4, -0.2) is 32.2 Å². The molecule has 0 unspecified atom stereocenters. The fourth-order valence-electron chi connectivity index (χ4n) is 4.16. The second-order valence-electron chi connectivity index (χ2n) is 8.65. The lowest BCUT2D eigenvalue weighted by Gasteiger charge is -2.24. The third-order valence-electron chi connectivity index (χ3n) is 5.87. The van der Waals surface area contributed by atoms with E-state index >= 15 is 0 Å². The SMILES string of the molecule is COc1cc(F)c([N+](=O)[O-])cc1Nc1nccc(-c2ccc3c4c2ccn4CCC(C)(C)O3)n1. The van der Waals surface area contributed by atoms with Gasteiger partial charge in [-0.05, 0) is 38.1 Å². The van der Waals surface area contributed by atoms with E-state index in [-0.39, 0.29) is 23.0 Å². The van der Waals surface area contributed by atoms with Crippen molar-refractivity contribution in [1.82, 2.24) is 14.5 Å². The number of benzene rings is 2. The van der Waals surface area contributed by atoms with Crippen molar-refractivity contribution in [2.45, 2.75) is 32.4 Å². The molecule has 0 radical (unpaired) electrons. The highest BCUT2D eigenvalue weighted by atomic mass is 19.1. The molecule has 3 heterocycles. The maximum Gasteiger partial charge on any atom is 0.307 e. The van der Waals surface area contributed by atoms with E-state index < -0.39 is 16.4 Å². The summed E-state index contributed by atoms with van der Waals surface area (Å²) in [6.07, 6.45) is 4.52. The molecule has 1 aliphatic heterocycles. The van der Waals surface area contributed by atoms with Crippen molar-refractivity contribution in [3.8, 4) is 22.8 Å². The topological polar surface area (TPSA) is 104 Å². The lowest BCUT2D eigenvalue weighted by Crippen LogP contribution is -2.28. The first kappa shape index (κ1) is 21.6. The molecule has 10 heteroatoms. The van der Waals surface area contributed by atoms with Gasteiger partial charge in [-0.1, -0.05) is 0 Å². The quantitative estimate of drug-likeness (QED) is 0.310. The summed E-state index contributed by atoms with van der Waals surface area (Å²) in [6, 6.07) is 9.75. The van der Waals surface area contributed by atoms with Gasteiger partial charge in [0.2, 0.25) is 11.8 Å². The molecular weight excluding hydrogens is 441 g/mol. The molecular formula is C24H22FN5O4. The van der Waals surface area contributed by atoms with Crippen LogP contribution in [0, 0.1) is 15.9 Å². The number of hydrogen-bond donors (Lipinski definition) is 1. The van der Waals surface area contributed by atoms with Gasteiger partial charge < -0.3 is 19.4 Å². The van der Waals surface area contributed by atoms with Crippen LogP contribution in [0.2, 0.25) is 0 Å². The standard InChI is InChI=1S/C24H22FN5O4/c1-24(2)8-11-29-10-7-15-14(4-5-20(34-24)22(15)29)17-6-9-26-23(27-17)28-18-13-19(30(31)32)16(25)12-21(18)33-3/h4-7,9-10,12-13H,8,11H2,1-3H3,(H,26,27,28). The maximum atomic E-state index is 14.0. The molecule has 0 saturated heterocycles. The summed E-state index contributed by atoms with van der Waals surface area (Å²) in [5.41, 5.74) is 1.79. The average molecular weight is 463 g/mol. The van der Waals surface area contributed by atoms with Crippen molar-refractivity contribution in [2.75, 3.05) is 12.4 Å². The Bertz CT molecular complexity index is 1430. The number of nitrogens with zero attached hydrogens (tertiary/aromatic N) is 4. The highest BCUT2D eigenvalue weighted by Crippen LogP contribution is 2.39. The van der Waals surface area contributed by atoms with Gasteiger partial charge in [-0.2, -0.15) is 4.39 Å². The highest BCUT2D eigenvalue weighted by Gasteiger charge is 2.26. The van der Waals surface area contributed by atoms with Gasteiger partial charge in [0.1, 0.15) is 17.1 Å². The van der Waals surface area contributed by atoms with Crippen LogP contribution in [0.15, 0.2) is 48.8 Å². The normalized spacial score (nSPS) is 14.4. The number of aromatic nitrogens is 3. The summed E-state index contributed by atoms with van der Waals surface area (Å²) in [5, 5.41) is 15.1. The number of aryl methyl sites for hydroxylation is 1. The number of methoxy groups -OCH3 is 1. The Morgan fingerprint density at radius 1 is 1.26 bits per heavy atom. The summed E-state index contributed by atoms with van der Waals surface area (Å²) in [4.78, 5) is 19.2. The number of halogens is 1. The number of nitro groups is 1. The van der Waals surface area contributed by atoms with Gasteiger partial charge in [0, 0.05) is 48.4 Å². The van der Waals surface area contributed by atoms with Crippen LogP contribution >= 0.6 is 0 Å². The predicted molar refractivity (Wildman–Crippen MR) is 125 cm³/mol. The maximum absolute atomic E-state index is 14.0. The minimum absolute atomic E-state index is 0.0964. The van der Waals surface area contributed by atoms with Crippen molar-refractivity contribution in [3.63, 3.8) is 0 Å². The van der Waals surface area contributed by atoms with E-state index in [0.29, 0.717) is 5.69 Å². The number of nitrogens with one attached hydrogen (secondary N) is 1. The lowest BCUT2D eigenvalue weighted by atomic mass is 10.0. The molecule has 2 aromatic heterocycles. The average Bonchev–Trinajstić information content (AvgIpc) is 3.17. The largest absolute Gasteiger partial charge is 0.494 e. The van der Waals surface area contributed by atoms with Gasteiger partial charge in [0.15, 0.2) is 0 Å². The Kier molecular flexibility index (Phi) is 5.07. The van der Waals surface area contributed by atoms with Crippen LogP contribution in [0.5, 0.6) is 11.5 Å². The predicted octanol–water partition coefficient (Wildman–Crippen LogP) is 5.46. The van der Waals surface area contributed by atoms with Crippen molar-refractivity contribution in [2.24, 2.45) is 0 Å². The summed E-state index contributed by atoms with van der Waals surface area (Å²) in [5.74, 6) is 0.118. The number of rotatable bonds is 5. The Morgan fingerprint density at radius 2 is 2.09 bits per heavy atom. The molecule has 2 aromatic carbocycles. The molecule has 34 heavy (non-hydrogen) atoms. The highest BCUT2D eigenvalue weighted by molar-refractivity contribution is 5.98. The van der Waals surface area contributed by atoms with Crippen molar-refractivity contribution >= 4 is 28.2 Å². The first-order valence-corrected chi connectivity index (χ1v) is 10.7. The summed E-state index contributed by atoms with van der Waals surface area (Å²) >= 11 is 0. The second kappa shape index (κ2) is 7.98. The van der Waals surface area contributed by atoms with Crippen LogP contribution < -0.4 is 14.8 Å². The Morgan fingerprint density at radius 3 is 2.85 bits per heavy atom. The van der Waals surface area contributed by atoms with Crippen LogP contribution in [-0.2, 0) is 6.54 Å². The van der Waals surface area contributed by atoms with Gasteiger partial charge in [0.25, 0.3) is 0 Å². The first-order valence-electron chi connectivity index (χ1n) is 10.7. The zero-order valence-electron chi connectivity index (χ0n) is 18.8. The number of nitro benzene ring substituents is 1. The molecule has 0 fully saturated rings. The van der Waals surface area contributed by atoms with E-state index in [9.17, 15) is 14.5 Å². The van der Waals surface area contributed by atoms with Crippen LogP contribution in [0.4, 0.5) is 21.7 Å². The molecule has 0 amide bonds. The fraction of sp³-hybridized carbons (Fsp3) is 0.250. The molecule has 4 aromatic rings. The van der Waals surface area contributed by atoms with Crippen LogP contribution in [0.3, 0.4) is 0 Å². The van der Waals surface area contributed by atoms with E-state index in [2.05, 4.69) is 33.7 Å². The second-order valence-corrected chi connectivity index (χ2v) is 8.65. The number of hydrogen-bond acceptors (Lipinski definition) is 7. The van der Waals surface area contributed by atoms with Crippen molar-refractivity contribution in [3.05, 3.63) is 64.7 Å².